The number of ether oxygens (including phenoxy) is 4. The summed E-state index contributed by atoms with van der Waals surface area (Å²) in [6, 6.07) is 9.31. The number of hydrogen-bond donors (Lipinski definition) is 1. The van der Waals surface area contributed by atoms with Crippen LogP contribution in [0.4, 0.5) is 5.69 Å². The number of likely N-dealkylation sites (N-methyl/N-ethyl adjacent to an activating group) is 1. The maximum Gasteiger partial charge on any atom is 0.247 e. The van der Waals surface area contributed by atoms with E-state index in [9.17, 15) is 13.2 Å². The maximum atomic E-state index is 13.0. The number of methoxy groups -OCH3 is 4. The van der Waals surface area contributed by atoms with E-state index in [1.165, 1.54) is 47.6 Å². The van der Waals surface area contributed by atoms with Gasteiger partial charge in [0.2, 0.25) is 15.9 Å². The number of hydrogen-bond acceptors (Lipinski definition) is 7. The van der Waals surface area contributed by atoms with Gasteiger partial charge >= 0.3 is 0 Å². The third-order valence-electron chi connectivity index (χ3n) is 4.11. The zero-order valence-corrected chi connectivity index (χ0v) is 17.7. The molecule has 2 aromatic carbocycles. The number of amides is 1. The summed E-state index contributed by atoms with van der Waals surface area (Å²) in [5.41, 5.74) is 0.363. The first kappa shape index (κ1) is 22.3. The van der Waals surface area contributed by atoms with E-state index in [1.807, 2.05) is 0 Å². The van der Waals surface area contributed by atoms with Gasteiger partial charge in [0.1, 0.15) is 27.9 Å². The van der Waals surface area contributed by atoms with Gasteiger partial charge in [-0.2, -0.15) is 4.31 Å². The molecule has 158 valence electrons. The Morgan fingerprint density at radius 2 is 1.45 bits per heavy atom. The van der Waals surface area contributed by atoms with Crippen LogP contribution in [0.2, 0.25) is 0 Å². The van der Waals surface area contributed by atoms with Crippen LogP contribution in [0, 0.1) is 0 Å². The Balaban J connectivity index is 2.23. The first-order valence-corrected chi connectivity index (χ1v) is 9.91. The Bertz CT molecular complexity index is 977. The van der Waals surface area contributed by atoms with Crippen molar-refractivity contribution in [3.8, 4) is 23.0 Å². The van der Waals surface area contributed by atoms with Crippen molar-refractivity contribution in [3.63, 3.8) is 0 Å². The van der Waals surface area contributed by atoms with Crippen molar-refractivity contribution in [3.05, 3.63) is 36.4 Å². The molecule has 2 aromatic rings. The monoisotopic (exact) mass is 424 g/mol. The lowest BCUT2D eigenvalue weighted by Crippen LogP contribution is -2.35. The van der Waals surface area contributed by atoms with Crippen molar-refractivity contribution in [1.29, 1.82) is 0 Å². The normalized spacial score (nSPS) is 11.1. The average Bonchev–Trinajstić information content (AvgIpc) is 2.72. The number of benzene rings is 2. The van der Waals surface area contributed by atoms with Crippen molar-refractivity contribution in [2.45, 2.75) is 4.90 Å². The van der Waals surface area contributed by atoms with Crippen LogP contribution in [0.15, 0.2) is 41.3 Å². The number of rotatable bonds is 9. The Morgan fingerprint density at radius 3 is 2.00 bits per heavy atom. The van der Waals surface area contributed by atoms with Gasteiger partial charge in [0.25, 0.3) is 0 Å². The van der Waals surface area contributed by atoms with Crippen LogP contribution in [-0.2, 0) is 14.8 Å². The highest BCUT2D eigenvalue weighted by molar-refractivity contribution is 7.89. The largest absolute Gasteiger partial charge is 0.497 e. The van der Waals surface area contributed by atoms with Gasteiger partial charge in [-0.15, -0.1) is 0 Å². The predicted molar refractivity (Wildman–Crippen MR) is 108 cm³/mol. The molecule has 0 fully saturated rings. The van der Waals surface area contributed by atoms with Crippen LogP contribution in [0.1, 0.15) is 0 Å². The van der Waals surface area contributed by atoms with Crippen LogP contribution >= 0.6 is 0 Å². The molecular weight excluding hydrogens is 400 g/mol. The number of carbonyl (C=O) groups excluding carboxylic acids is 1. The van der Waals surface area contributed by atoms with Gasteiger partial charge in [-0.25, -0.2) is 8.42 Å². The molecule has 2 rings (SSSR count). The number of anilines is 1. The van der Waals surface area contributed by atoms with E-state index in [-0.39, 0.29) is 10.6 Å². The quantitative estimate of drug-likeness (QED) is 0.656. The topological polar surface area (TPSA) is 103 Å². The number of nitrogens with one attached hydrogen (secondary N) is 1. The molecule has 0 unspecified atom stereocenters. The third-order valence-corrected chi connectivity index (χ3v) is 5.93. The molecule has 0 radical (unpaired) electrons. The van der Waals surface area contributed by atoms with E-state index < -0.39 is 22.5 Å². The van der Waals surface area contributed by atoms with Crippen molar-refractivity contribution in [2.24, 2.45) is 0 Å². The molecule has 0 aliphatic carbocycles. The lowest BCUT2D eigenvalue weighted by molar-refractivity contribution is -0.116. The summed E-state index contributed by atoms with van der Waals surface area (Å²) < 4.78 is 47.4. The summed E-state index contributed by atoms with van der Waals surface area (Å²) in [7, 11) is 3.03. The third kappa shape index (κ3) is 5.09. The Morgan fingerprint density at radius 1 is 0.897 bits per heavy atom. The summed E-state index contributed by atoms with van der Waals surface area (Å²) in [6.07, 6.45) is 0. The van der Waals surface area contributed by atoms with Gasteiger partial charge in [0, 0.05) is 19.2 Å². The molecule has 1 amide bonds. The van der Waals surface area contributed by atoms with E-state index in [0.717, 1.165) is 4.31 Å². The predicted octanol–water partition coefficient (Wildman–Crippen LogP) is 1.98. The molecule has 0 spiro atoms. The minimum absolute atomic E-state index is 0.103. The molecule has 0 aromatic heterocycles. The summed E-state index contributed by atoms with van der Waals surface area (Å²) in [5.74, 6) is 0.877. The Kier molecular flexibility index (Phi) is 7.29. The van der Waals surface area contributed by atoms with E-state index in [0.29, 0.717) is 22.9 Å². The number of sulfonamides is 1. The van der Waals surface area contributed by atoms with Crippen molar-refractivity contribution < 1.29 is 32.2 Å². The first-order chi connectivity index (χ1) is 13.8. The zero-order valence-electron chi connectivity index (χ0n) is 16.9. The second kappa shape index (κ2) is 9.48. The van der Waals surface area contributed by atoms with Crippen LogP contribution < -0.4 is 24.3 Å². The molecule has 0 bridgehead atoms. The summed E-state index contributed by atoms with van der Waals surface area (Å²) in [4.78, 5) is 12.4. The molecule has 0 atom stereocenters. The standard InChI is InChI=1S/C19H24N2O7S/c1-21(29(23,24)18-11-14(26-3)7-9-17(18)28-5)12-19(22)20-15-10-13(25-2)6-8-16(15)27-4/h6-11H,12H2,1-5H3,(H,20,22). The van der Waals surface area contributed by atoms with Crippen molar-refractivity contribution in [2.75, 3.05) is 47.3 Å². The summed E-state index contributed by atoms with van der Waals surface area (Å²) in [5, 5.41) is 2.64. The SMILES string of the molecule is COc1ccc(OC)c(NC(=O)CN(C)S(=O)(=O)c2cc(OC)ccc2OC)c1. The lowest BCUT2D eigenvalue weighted by Gasteiger charge is -2.19. The maximum absolute atomic E-state index is 13.0. The van der Waals surface area contributed by atoms with Gasteiger partial charge in [-0.1, -0.05) is 0 Å². The van der Waals surface area contributed by atoms with Crippen LogP contribution in [0.3, 0.4) is 0 Å². The summed E-state index contributed by atoms with van der Waals surface area (Å²) >= 11 is 0. The van der Waals surface area contributed by atoms with E-state index >= 15 is 0 Å². The van der Waals surface area contributed by atoms with Crippen LogP contribution in [0.25, 0.3) is 0 Å². The van der Waals surface area contributed by atoms with Crippen molar-refractivity contribution >= 4 is 21.6 Å². The van der Waals surface area contributed by atoms with Gasteiger partial charge in [-0.05, 0) is 24.3 Å². The average molecular weight is 424 g/mol. The molecule has 9 nitrogen and oxygen atoms in total. The van der Waals surface area contributed by atoms with Crippen molar-refractivity contribution in [1.82, 2.24) is 4.31 Å². The van der Waals surface area contributed by atoms with Gasteiger partial charge < -0.3 is 24.3 Å². The second-order valence-electron chi connectivity index (χ2n) is 5.89. The van der Waals surface area contributed by atoms with E-state index in [2.05, 4.69) is 5.32 Å². The van der Waals surface area contributed by atoms with E-state index in [1.54, 1.807) is 24.3 Å². The molecule has 0 aliphatic heterocycles. The van der Waals surface area contributed by atoms with Crippen LogP contribution in [-0.4, -0.2) is 60.7 Å². The molecule has 10 heteroatoms. The zero-order chi connectivity index (χ0) is 21.6. The molecule has 29 heavy (non-hydrogen) atoms. The smallest absolute Gasteiger partial charge is 0.247 e. The molecular formula is C19H24N2O7S. The highest BCUT2D eigenvalue weighted by atomic mass is 32.2. The molecule has 0 heterocycles. The Hall–Kier alpha value is -2.98. The summed E-state index contributed by atoms with van der Waals surface area (Å²) in [6.45, 7) is -0.428. The Labute approximate surface area is 170 Å². The number of carbonyl (C=O) groups is 1. The fraction of sp³-hybridized carbons (Fsp3) is 0.316. The number of nitrogens with zero attached hydrogens (tertiary/aromatic N) is 1. The fourth-order valence-corrected chi connectivity index (χ4v) is 3.84. The molecule has 1 N–H and O–H groups in total. The van der Waals surface area contributed by atoms with Gasteiger partial charge in [0.05, 0.1) is 40.7 Å². The molecule has 0 saturated heterocycles. The van der Waals surface area contributed by atoms with Gasteiger partial charge in [-0.3, -0.25) is 4.79 Å². The minimum atomic E-state index is -4.02. The highest BCUT2D eigenvalue weighted by Crippen LogP contribution is 2.31. The molecule has 0 aliphatic rings. The molecule has 0 saturated carbocycles. The first-order valence-electron chi connectivity index (χ1n) is 8.47. The van der Waals surface area contributed by atoms with Gasteiger partial charge in [0.15, 0.2) is 0 Å². The second-order valence-corrected chi connectivity index (χ2v) is 7.91. The van der Waals surface area contributed by atoms with Crippen LogP contribution in [0.5, 0.6) is 23.0 Å². The highest BCUT2D eigenvalue weighted by Gasteiger charge is 2.27. The lowest BCUT2D eigenvalue weighted by atomic mass is 10.2. The van der Waals surface area contributed by atoms with E-state index in [4.69, 9.17) is 18.9 Å². The fourth-order valence-electron chi connectivity index (χ4n) is 2.54. The minimum Gasteiger partial charge on any atom is -0.497 e.